The van der Waals surface area contributed by atoms with Gasteiger partial charge in [-0.05, 0) is 26.0 Å². The fraction of sp³-hybridized carbons (Fsp3) is 0.250. The molecule has 0 unspecified atom stereocenters. The minimum Gasteiger partial charge on any atom is -0.477 e. The maximum atomic E-state index is 11.6. The molecule has 0 radical (unpaired) electrons. The number of aryl methyl sites for hydroxylation is 2. The molecule has 0 spiro atoms. The number of hydrogen-bond donors (Lipinski definition) is 2. The molecule has 0 amide bonds. The number of rotatable bonds is 2. The Morgan fingerprint density at radius 2 is 2.06 bits per heavy atom. The van der Waals surface area contributed by atoms with Gasteiger partial charge in [0.1, 0.15) is 5.56 Å². The second kappa shape index (κ2) is 4.14. The molecule has 18 heavy (non-hydrogen) atoms. The minimum absolute atomic E-state index is 0.266. The van der Waals surface area contributed by atoms with Crippen LogP contribution >= 0.6 is 0 Å². The van der Waals surface area contributed by atoms with Crippen LogP contribution in [0.3, 0.4) is 0 Å². The lowest BCUT2D eigenvalue weighted by Crippen LogP contribution is -2.17. The van der Waals surface area contributed by atoms with Crippen molar-refractivity contribution in [3.05, 3.63) is 39.4 Å². The highest BCUT2D eigenvalue weighted by molar-refractivity contribution is 5.87. The number of carbonyl (C=O) groups is 1. The van der Waals surface area contributed by atoms with Crippen LogP contribution in [0.5, 0.6) is 0 Å². The summed E-state index contributed by atoms with van der Waals surface area (Å²) < 4.78 is 1.72. The molecule has 94 valence electrons. The fourth-order valence-corrected chi connectivity index (χ4v) is 1.95. The Morgan fingerprint density at radius 1 is 1.39 bits per heavy atom. The zero-order valence-corrected chi connectivity index (χ0v) is 10.3. The molecule has 6 heteroatoms. The van der Waals surface area contributed by atoms with Crippen LogP contribution in [0.25, 0.3) is 11.3 Å². The number of H-pyrrole nitrogens is 1. The Balaban J connectivity index is 2.63. The molecular formula is C12H13N3O3. The maximum Gasteiger partial charge on any atom is 0.341 e. The quantitative estimate of drug-likeness (QED) is 0.831. The second-order valence-corrected chi connectivity index (χ2v) is 4.09. The van der Waals surface area contributed by atoms with Gasteiger partial charge in [0.2, 0.25) is 0 Å². The van der Waals surface area contributed by atoms with E-state index in [-0.39, 0.29) is 5.56 Å². The standard InChI is InChI=1S/C12H13N3O3/c1-6-10(7(2)15(3)14-6)9-5-4-8(12(17)18)11(16)13-9/h4-5H,1-3H3,(H,13,16)(H,17,18). The smallest absolute Gasteiger partial charge is 0.341 e. The summed E-state index contributed by atoms with van der Waals surface area (Å²) in [5.74, 6) is -1.23. The highest BCUT2D eigenvalue weighted by Crippen LogP contribution is 2.23. The lowest BCUT2D eigenvalue weighted by Gasteiger charge is -2.03. The third-order valence-electron chi connectivity index (χ3n) is 2.92. The highest BCUT2D eigenvalue weighted by atomic mass is 16.4. The van der Waals surface area contributed by atoms with Crippen molar-refractivity contribution in [2.75, 3.05) is 0 Å². The van der Waals surface area contributed by atoms with E-state index in [1.54, 1.807) is 10.7 Å². The molecule has 2 aromatic rings. The summed E-state index contributed by atoms with van der Waals surface area (Å²) in [5.41, 5.74) is 2.22. The maximum absolute atomic E-state index is 11.6. The molecule has 2 aromatic heterocycles. The molecule has 0 fully saturated rings. The normalized spacial score (nSPS) is 10.6. The van der Waals surface area contributed by atoms with Crippen molar-refractivity contribution in [1.29, 1.82) is 0 Å². The molecule has 0 aliphatic rings. The third-order valence-corrected chi connectivity index (χ3v) is 2.92. The van der Waals surface area contributed by atoms with Gasteiger partial charge in [-0.25, -0.2) is 4.79 Å². The van der Waals surface area contributed by atoms with Gasteiger partial charge >= 0.3 is 5.97 Å². The molecule has 6 nitrogen and oxygen atoms in total. The molecule has 0 atom stereocenters. The van der Waals surface area contributed by atoms with Crippen LogP contribution in [-0.4, -0.2) is 25.8 Å². The number of aromatic amines is 1. The van der Waals surface area contributed by atoms with E-state index in [4.69, 9.17) is 5.11 Å². The summed E-state index contributed by atoms with van der Waals surface area (Å²) in [6.45, 7) is 3.73. The molecule has 2 N–H and O–H groups in total. The molecule has 0 saturated carbocycles. The van der Waals surface area contributed by atoms with Gasteiger partial charge in [0.05, 0.1) is 11.4 Å². The van der Waals surface area contributed by atoms with Crippen molar-refractivity contribution >= 4 is 5.97 Å². The van der Waals surface area contributed by atoms with Crippen LogP contribution in [0, 0.1) is 13.8 Å². The molecule has 2 heterocycles. The summed E-state index contributed by atoms with van der Waals surface area (Å²) in [5, 5.41) is 13.1. The first kappa shape index (κ1) is 12.1. The van der Waals surface area contributed by atoms with Crippen LogP contribution in [0.2, 0.25) is 0 Å². The number of carboxylic acids is 1. The molecule has 0 bridgehead atoms. The van der Waals surface area contributed by atoms with Crippen molar-refractivity contribution in [2.45, 2.75) is 13.8 Å². The Morgan fingerprint density at radius 3 is 2.50 bits per heavy atom. The van der Waals surface area contributed by atoms with E-state index < -0.39 is 11.5 Å². The van der Waals surface area contributed by atoms with Gasteiger partial charge in [0, 0.05) is 18.3 Å². The van der Waals surface area contributed by atoms with Gasteiger partial charge in [-0.3, -0.25) is 9.48 Å². The lowest BCUT2D eigenvalue weighted by molar-refractivity contribution is 0.0695. The number of aromatic carboxylic acids is 1. The van der Waals surface area contributed by atoms with E-state index in [2.05, 4.69) is 10.1 Å². The molecule has 2 rings (SSSR count). The number of nitrogens with zero attached hydrogens (tertiary/aromatic N) is 2. The zero-order chi connectivity index (χ0) is 13.4. The van der Waals surface area contributed by atoms with Crippen LogP contribution in [-0.2, 0) is 7.05 Å². The molecule has 0 aromatic carbocycles. The number of hydrogen-bond acceptors (Lipinski definition) is 3. The van der Waals surface area contributed by atoms with Crippen LogP contribution < -0.4 is 5.56 Å². The van der Waals surface area contributed by atoms with Crippen molar-refractivity contribution in [3.8, 4) is 11.3 Å². The molecular weight excluding hydrogens is 234 g/mol. The van der Waals surface area contributed by atoms with Gasteiger partial charge in [-0.1, -0.05) is 0 Å². The summed E-state index contributed by atoms with van der Waals surface area (Å²) in [7, 11) is 1.82. The summed E-state index contributed by atoms with van der Waals surface area (Å²) >= 11 is 0. The fourth-order valence-electron chi connectivity index (χ4n) is 1.95. The first-order chi connectivity index (χ1) is 8.41. The Hall–Kier alpha value is -2.37. The van der Waals surface area contributed by atoms with E-state index in [1.807, 2.05) is 20.9 Å². The van der Waals surface area contributed by atoms with Crippen LogP contribution in [0.15, 0.2) is 16.9 Å². The van der Waals surface area contributed by atoms with E-state index >= 15 is 0 Å². The van der Waals surface area contributed by atoms with E-state index in [0.717, 1.165) is 17.0 Å². The number of nitrogens with one attached hydrogen (secondary N) is 1. The van der Waals surface area contributed by atoms with Gasteiger partial charge in [0.15, 0.2) is 0 Å². The van der Waals surface area contributed by atoms with Crippen molar-refractivity contribution in [3.63, 3.8) is 0 Å². The summed E-state index contributed by atoms with van der Waals surface area (Å²) in [4.78, 5) is 25.0. The Labute approximate surface area is 103 Å². The van der Waals surface area contributed by atoms with E-state index in [9.17, 15) is 9.59 Å². The second-order valence-electron chi connectivity index (χ2n) is 4.09. The van der Waals surface area contributed by atoms with Gasteiger partial charge in [0.25, 0.3) is 5.56 Å². The van der Waals surface area contributed by atoms with Crippen LogP contribution in [0.4, 0.5) is 0 Å². The minimum atomic E-state index is -1.23. The SMILES string of the molecule is Cc1nn(C)c(C)c1-c1ccc(C(=O)O)c(=O)[nH]1. The lowest BCUT2D eigenvalue weighted by atomic mass is 10.1. The number of carboxylic acid groups (broad SMARTS) is 1. The summed E-state index contributed by atoms with van der Waals surface area (Å²) in [6, 6.07) is 2.89. The van der Waals surface area contributed by atoms with E-state index in [0.29, 0.717) is 5.69 Å². The molecule has 0 aliphatic heterocycles. The Kier molecular flexibility index (Phi) is 2.78. The van der Waals surface area contributed by atoms with Gasteiger partial charge in [-0.15, -0.1) is 0 Å². The van der Waals surface area contributed by atoms with Crippen LogP contribution in [0.1, 0.15) is 21.7 Å². The molecule has 0 saturated heterocycles. The molecule has 0 aliphatic carbocycles. The van der Waals surface area contributed by atoms with Crippen molar-refractivity contribution < 1.29 is 9.90 Å². The topological polar surface area (TPSA) is 88.0 Å². The van der Waals surface area contributed by atoms with Crippen molar-refractivity contribution in [1.82, 2.24) is 14.8 Å². The first-order valence-electron chi connectivity index (χ1n) is 5.39. The van der Waals surface area contributed by atoms with Gasteiger partial charge in [-0.2, -0.15) is 5.10 Å². The average molecular weight is 247 g/mol. The summed E-state index contributed by atoms with van der Waals surface area (Å²) in [6.07, 6.45) is 0. The first-order valence-corrected chi connectivity index (χ1v) is 5.39. The Bertz CT molecular complexity index is 682. The predicted octanol–water partition coefficient (Wildman–Crippen LogP) is 1.09. The van der Waals surface area contributed by atoms with Gasteiger partial charge < -0.3 is 10.1 Å². The zero-order valence-electron chi connectivity index (χ0n) is 10.3. The number of aromatic nitrogens is 3. The number of pyridine rings is 1. The monoisotopic (exact) mass is 247 g/mol. The third kappa shape index (κ3) is 1.81. The average Bonchev–Trinajstić information content (AvgIpc) is 2.52. The highest BCUT2D eigenvalue weighted by Gasteiger charge is 2.14. The van der Waals surface area contributed by atoms with Crippen molar-refractivity contribution in [2.24, 2.45) is 7.05 Å². The largest absolute Gasteiger partial charge is 0.477 e. The predicted molar refractivity (Wildman–Crippen MR) is 65.7 cm³/mol. The van der Waals surface area contributed by atoms with E-state index in [1.165, 1.54) is 6.07 Å².